The molecule has 24 heavy (non-hydrogen) atoms. The van der Waals surface area contributed by atoms with Gasteiger partial charge < -0.3 is 10.2 Å². The number of aryl methyl sites for hydroxylation is 2. The van der Waals surface area contributed by atoms with E-state index in [0.717, 1.165) is 42.6 Å². The SMILES string of the molecule is CN=C(NCCCn1cc(C)cn1)N(C)Cc1cccc(Cl)c1.I. The molecule has 1 aromatic carbocycles. The fourth-order valence-corrected chi connectivity index (χ4v) is 2.61. The van der Waals surface area contributed by atoms with Gasteiger partial charge in [0.05, 0.1) is 6.20 Å². The number of hydrogen-bond acceptors (Lipinski definition) is 2. The smallest absolute Gasteiger partial charge is 0.193 e. The van der Waals surface area contributed by atoms with E-state index in [1.807, 2.05) is 43.0 Å². The van der Waals surface area contributed by atoms with Gasteiger partial charge in [-0.05, 0) is 36.6 Å². The monoisotopic (exact) mass is 461 g/mol. The van der Waals surface area contributed by atoms with E-state index in [1.165, 1.54) is 5.56 Å². The van der Waals surface area contributed by atoms with Crippen LogP contribution in [0.5, 0.6) is 0 Å². The van der Waals surface area contributed by atoms with Crippen molar-refractivity contribution in [3.05, 3.63) is 52.8 Å². The third-order valence-corrected chi connectivity index (χ3v) is 3.73. The van der Waals surface area contributed by atoms with Gasteiger partial charge >= 0.3 is 0 Å². The Labute approximate surface area is 166 Å². The average Bonchev–Trinajstić information content (AvgIpc) is 2.92. The predicted molar refractivity (Wildman–Crippen MR) is 111 cm³/mol. The maximum Gasteiger partial charge on any atom is 0.193 e. The van der Waals surface area contributed by atoms with Gasteiger partial charge in [0.2, 0.25) is 0 Å². The average molecular weight is 462 g/mol. The first kappa shape index (κ1) is 20.8. The summed E-state index contributed by atoms with van der Waals surface area (Å²) in [5, 5.41) is 8.43. The molecule has 5 nitrogen and oxygen atoms in total. The number of halogens is 2. The molecule has 0 unspecified atom stereocenters. The molecule has 2 aromatic rings. The lowest BCUT2D eigenvalue weighted by atomic mass is 10.2. The third kappa shape index (κ3) is 6.68. The maximum atomic E-state index is 6.03. The van der Waals surface area contributed by atoms with E-state index in [1.54, 1.807) is 7.05 Å². The summed E-state index contributed by atoms with van der Waals surface area (Å²) in [4.78, 5) is 6.42. The molecule has 7 heteroatoms. The highest BCUT2D eigenvalue weighted by Crippen LogP contribution is 2.12. The van der Waals surface area contributed by atoms with E-state index in [-0.39, 0.29) is 24.0 Å². The summed E-state index contributed by atoms with van der Waals surface area (Å²) in [6, 6.07) is 7.89. The molecule has 0 aliphatic rings. The van der Waals surface area contributed by atoms with Gasteiger partial charge in [-0.3, -0.25) is 9.67 Å². The van der Waals surface area contributed by atoms with Crippen LogP contribution in [-0.2, 0) is 13.1 Å². The Morgan fingerprint density at radius 2 is 2.21 bits per heavy atom. The molecule has 0 fully saturated rings. The minimum absolute atomic E-state index is 0. The summed E-state index contributed by atoms with van der Waals surface area (Å²) in [6.45, 7) is 4.56. The van der Waals surface area contributed by atoms with E-state index in [4.69, 9.17) is 11.6 Å². The van der Waals surface area contributed by atoms with Crippen LogP contribution in [0.2, 0.25) is 5.02 Å². The summed E-state index contributed by atoms with van der Waals surface area (Å²) in [5.74, 6) is 0.877. The van der Waals surface area contributed by atoms with Crippen LogP contribution in [0.4, 0.5) is 0 Å². The lowest BCUT2D eigenvalue weighted by Crippen LogP contribution is -2.39. The van der Waals surface area contributed by atoms with E-state index >= 15 is 0 Å². The van der Waals surface area contributed by atoms with Gasteiger partial charge in [0, 0.05) is 44.9 Å². The Bertz CT molecular complexity index is 656. The van der Waals surface area contributed by atoms with Crippen molar-refractivity contribution in [3.63, 3.8) is 0 Å². The van der Waals surface area contributed by atoms with Crippen molar-refractivity contribution in [2.45, 2.75) is 26.4 Å². The molecule has 0 aliphatic heterocycles. The van der Waals surface area contributed by atoms with Crippen LogP contribution in [-0.4, -0.2) is 41.3 Å². The van der Waals surface area contributed by atoms with Crippen LogP contribution in [0, 0.1) is 6.92 Å². The zero-order valence-corrected chi connectivity index (χ0v) is 17.5. The lowest BCUT2D eigenvalue weighted by Gasteiger charge is -2.22. The molecule has 0 aliphatic carbocycles. The molecule has 1 aromatic heterocycles. The Kier molecular flexibility index (Phi) is 9.13. The number of rotatable bonds is 6. The number of hydrogen-bond donors (Lipinski definition) is 1. The highest BCUT2D eigenvalue weighted by molar-refractivity contribution is 14.0. The first-order valence-corrected chi connectivity index (χ1v) is 8.11. The second-order valence-corrected chi connectivity index (χ2v) is 6.03. The molecular formula is C17H25ClIN5. The Balaban J connectivity index is 0.00000288. The van der Waals surface area contributed by atoms with Crippen LogP contribution < -0.4 is 5.32 Å². The van der Waals surface area contributed by atoms with Crippen LogP contribution >= 0.6 is 35.6 Å². The Morgan fingerprint density at radius 3 is 2.83 bits per heavy atom. The van der Waals surface area contributed by atoms with Crippen LogP contribution in [0.3, 0.4) is 0 Å². The van der Waals surface area contributed by atoms with Crippen LogP contribution in [0.15, 0.2) is 41.7 Å². The summed E-state index contributed by atoms with van der Waals surface area (Å²) in [7, 11) is 3.82. The van der Waals surface area contributed by atoms with E-state index in [0.29, 0.717) is 0 Å². The maximum absolute atomic E-state index is 6.03. The number of benzene rings is 1. The Morgan fingerprint density at radius 1 is 1.42 bits per heavy atom. The highest BCUT2D eigenvalue weighted by Gasteiger charge is 2.06. The number of nitrogens with one attached hydrogen (secondary N) is 1. The molecule has 0 atom stereocenters. The molecule has 1 N–H and O–H groups in total. The topological polar surface area (TPSA) is 45.5 Å². The molecular weight excluding hydrogens is 437 g/mol. The second kappa shape index (κ2) is 10.6. The zero-order valence-electron chi connectivity index (χ0n) is 14.4. The van der Waals surface area contributed by atoms with E-state index < -0.39 is 0 Å². The first-order valence-electron chi connectivity index (χ1n) is 7.74. The van der Waals surface area contributed by atoms with Gasteiger partial charge in [-0.2, -0.15) is 5.10 Å². The standard InChI is InChI=1S/C17H24ClN5.HI/c1-14-11-21-23(12-14)9-5-8-20-17(19-2)22(3)13-15-6-4-7-16(18)10-15;/h4,6-7,10-12H,5,8-9,13H2,1-3H3,(H,19,20);1H. The van der Waals surface area contributed by atoms with E-state index in [2.05, 4.69) is 32.6 Å². The van der Waals surface area contributed by atoms with Crippen molar-refractivity contribution in [2.75, 3.05) is 20.6 Å². The predicted octanol–water partition coefficient (Wildman–Crippen LogP) is 3.56. The lowest BCUT2D eigenvalue weighted by molar-refractivity contribution is 0.471. The molecule has 0 saturated heterocycles. The molecule has 0 radical (unpaired) electrons. The number of aromatic nitrogens is 2. The van der Waals surface area contributed by atoms with Crippen molar-refractivity contribution < 1.29 is 0 Å². The molecule has 0 saturated carbocycles. The minimum atomic E-state index is 0. The highest BCUT2D eigenvalue weighted by atomic mass is 127. The summed E-state index contributed by atoms with van der Waals surface area (Å²) in [6.07, 6.45) is 4.93. The molecule has 0 amide bonds. The quantitative estimate of drug-likeness (QED) is 0.310. The van der Waals surface area contributed by atoms with Gasteiger partial charge in [0.25, 0.3) is 0 Å². The fourth-order valence-electron chi connectivity index (χ4n) is 2.40. The first-order chi connectivity index (χ1) is 11.1. The van der Waals surface area contributed by atoms with E-state index in [9.17, 15) is 0 Å². The van der Waals surface area contributed by atoms with Crippen LogP contribution in [0.25, 0.3) is 0 Å². The van der Waals surface area contributed by atoms with Crippen molar-refractivity contribution >= 4 is 41.5 Å². The molecule has 1 heterocycles. The van der Waals surface area contributed by atoms with Gasteiger partial charge in [-0.15, -0.1) is 24.0 Å². The van der Waals surface area contributed by atoms with Crippen molar-refractivity contribution in [1.82, 2.24) is 20.0 Å². The number of guanidine groups is 1. The second-order valence-electron chi connectivity index (χ2n) is 5.59. The van der Waals surface area contributed by atoms with Crippen LogP contribution in [0.1, 0.15) is 17.5 Å². The minimum Gasteiger partial charge on any atom is -0.356 e. The Hall–Kier alpha value is -1.28. The largest absolute Gasteiger partial charge is 0.356 e. The van der Waals surface area contributed by atoms with Crippen molar-refractivity contribution in [2.24, 2.45) is 4.99 Å². The van der Waals surface area contributed by atoms with Crippen molar-refractivity contribution in [1.29, 1.82) is 0 Å². The number of aliphatic imine (C=N–C) groups is 1. The molecule has 0 bridgehead atoms. The fraction of sp³-hybridized carbons (Fsp3) is 0.412. The van der Waals surface area contributed by atoms with Gasteiger partial charge in [-0.1, -0.05) is 23.7 Å². The van der Waals surface area contributed by atoms with Gasteiger partial charge in [0.15, 0.2) is 5.96 Å². The van der Waals surface area contributed by atoms with Gasteiger partial charge in [-0.25, -0.2) is 0 Å². The zero-order chi connectivity index (χ0) is 16.7. The number of nitrogens with zero attached hydrogens (tertiary/aromatic N) is 4. The third-order valence-electron chi connectivity index (χ3n) is 3.49. The summed E-state index contributed by atoms with van der Waals surface area (Å²) >= 11 is 6.03. The van der Waals surface area contributed by atoms with Gasteiger partial charge in [0.1, 0.15) is 0 Å². The molecule has 2 rings (SSSR count). The molecule has 132 valence electrons. The van der Waals surface area contributed by atoms with Crippen molar-refractivity contribution in [3.8, 4) is 0 Å². The molecule has 0 spiro atoms. The summed E-state index contributed by atoms with van der Waals surface area (Å²) in [5.41, 5.74) is 2.35. The normalized spacial score (nSPS) is 11.1. The summed E-state index contributed by atoms with van der Waals surface area (Å²) < 4.78 is 1.97.